The van der Waals surface area contributed by atoms with Crippen LogP contribution < -0.4 is 11.1 Å². The van der Waals surface area contributed by atoms with Crippen molar-refractivity contribution < 1.29 is 40.3 Å². The molecule has 0 spiro atoms. The molecule has 1 heterocycles. The predicted octanol–water partition coefficient (Wildman–Crippen LogP) is 3.57. The molecule has 0 unspecified atom stereocenters. The van der Waals surface area contributed by atoms with Gasteiger partial charge in [-0.3, -0.25) is 9.59 Å². The van der Waals surface area contributed by atoms with Crippen LogP contribution in [0.25, 0.3) is 0 Å². The standard InChI is InChI=1S/C24H27F4N3O5S/c1-24(2,3)21(29)23(33)36-15-6-8-31(9-7-15)37(34,35)19-10-13(4-5-16(19)25)22(32)30-14-11-17(26)20(28)18(27)12-14/h4-5,10-12,15,21H,6-9,29H2,1-3H3,(H,30,32)/t21-/m1/s1. The van der Waals surface area contributed by atoms with Crippen LogP contribution in [0.5, 0.6) is 0 Å². The van der Waals surface area contributed by atoms with Gasteiger partial charge in [-0.15, -0.1) is 0 Å². The molecule has 13 heteroatoms. The number of hydrogen-bond donors (Lipinski definition) is 2. The normalized spacial score (nSPS) is 16.3. The van der Waals surface area contributed by atoms with E-state index in [0.717, 1.165) is 22.5 Å². The Morgan fingerprint density at radius 3 is 2.14 bits per heavy atom. The van der Waals surface area contributed by atoms with Crippen LogP contribution in [0.1, 0.15) is 44.0 Å². The van der Waals surface area contributed by atoms with Crippen LogP contribution >= 0.6 is 0 Å². The van der Waals surface area contributed by atoms with E-state index >= 15 is 0 Å². The van der Waals surface area contributed by atoms with Crippen molar-refractivity contribution in [1.82, 2.24) is 4.31 Å². The molecular formula is C24H27F4N3O5S. The van der Waals surface area contributed by atoms with Gasteiger partial charge in [0.05, 0.1) is 0 Å². The maximum absolute atomic E-state index is 14.5. The van der Waals surface area contributed by atoms with Crippen LogP contribution in [-0.4, -0.2) is 49.8 Å². The van der Waals surface area contributed by atoms with Crippen molar-refractivity contribution in [2.75, 3.05) is 18.4 Å². The molecule has 0 radical (unpaired) electrons. The maximum Gasteiger partial charge on any atom is 0.323 e. The summed E-state index contributed by atoms with van der Waals surface area (Å²) in [5.41, 5.74) is 4.65. The number of esters is 1. The molecule has 0 aliphatic carbocycles. The zero-order valence-corrected chi connectivity index (χ0v) is 21.2. The lowest BCUT2D eigenvalue weighted by atomic mass is 9.87. The number of halogens is 4. The molecule has 1 saturated heterocycles. The van der Waals surface area contributed by atoms with Crippen LogP contribution in [0.4, 0.5) is 23.2 Å². The summed E-state index contributed by atoms with van der Waals surface area (Å²) in [4.78, 5) is 24.0. The molecule has 8 nitrogen and oxygen atoms in total. The number of nitrogens with zero attached hydrogens (tertiary/aromatic N) is 1. The number of amides is 1. The summed E-state index contributed by atoms with van der Waals surface area (Å²) < 4.78 is 87.2. The van der Waals surface area contributed by atoms with E-state index < -0.39 is 73.3 Å². The molecular weight excluding hydrogens is 518 g/mol. The molecule has 3 N–H and O–H groups in total. The lowest BCUT2D eigenvalue weighted by Gasteiger charge is -2.33. The molecule has 1 fully saturated rings. The molecule has 202 valence electrons. The fourth-order valence-corrected chi connectivity index (χ4v) is 5.15. The number of sulfonamides is 1. The second kappa shape index (κ2) is 10.8. The third-order valence-electron chi connectivity index (χ3n) is 5.92. The molecule has 1 amide bonds. The zero-order chi connectivity index (χ0) is 27.7. The largest absolute Gasteiger partial charge is 0.461 e. The summed E-state index contributed by atoms with van der Waals surface area (Å²) in [7, 11) is -4.39. The Hall–Kier alpha value is -3.03. The highest BCUT2D eigenvalue weighted by molar-refractivity contribution is 7.89. The topological polar surface area (TPSA) is 119 Å². The van der Waals surface area contributed by atoms with Gasteiger partial charge in [-0.1, -0.05) is 20.8 Å². The number of carbonyl (C=O) groups excluding carboxylic acids is 2. The van der Waals surface area contributed by atoms with Crippen LogP contribution in [0.15, 0.2) is 35.2 Å². The van der Waals surface area contributed by atoms with Crippen LogP contribution in [0.2, 0.25) is 0 Å². The number of nitrogens with one attached hydrogen (secondary N) is 1. The Balaban J connectivity index is 1.72. The molecule has 2 aromatic carbocycles. The van der Waals surface area contributed by atoms with E-state index in [0.29, 0.717) is 12.1 Å². The molecule has 37 heavy (non-hydrogen) atoms. The van der Waals surface area contributed by atoms with E-state index in [2.05, 4.69) is 5.32 Å². The third-order valence-corrected chi connectivity index (χ3v) is 7.84. The first kappa shape index (κ1) is 28.5. The molecule has 0 saturated carbocycles. The number of nitrogens with two attached hydrogens (primary N) is 1. The third kappa shape index (κ3) is 6.46. The Kier molecular flexibility index (Phi) is 8.30. The summed E-state index contributed by atoms with van der Waals surface area (Å²) in [6, 6.07) is 2.79. The van der Waals surface area contributed by atoms with E-state index in [-0.39, 0.29) is 31.5 Å². The summed E-state index contributed by atoms with van der Waals surface area (Å²) >= 11 is 0. The summed E-state index contributed by atoms with van der Waals surface area (Å²) in [6.45, 7) is 5.21. The zero-order valence-electron chi connectivity index (χ0n) is 20.4. The number of anilines is 1. The first-order valence-corrected chi connectivity index (χ1v) is 12.8. The summed E-state index contributed by atoms with van der Waals surface area (Å²) in [6.07, 6.45) is -0.248. The number of hydrogen-bond acceptors (Lipinski definition) is 6. The molecule has 0 aromatic heterocycles. The van der Waals surface area contributed by atoms with E-state index in [9.17, 15) is 35.6 Å². The fraction of sp³-hybridized carbons (Fsp3) is 0.417. The van der Waals surface area contributed by atoms with Crippen molar-refractivity contribution in [2.45, 2.75) is 50.7 Å². The van der Waals surface area contributed by atoms with Gasteiger partial charge in [-0.2, -0.15) is 4.31 Å². The maximum atomic E-state index is 14.5. The van der Waals surface area contributed by atoms with Gasteiger partial charge in [0, 0.05) is 36.5 Å². The van der Waals surface area contributed by atoms with Crippen molar-refractivity contribution in [3.8, 4) is 0 Å². The molecule has 1 aliphatic rings. The van der Waals surface area contributed by atoms with Gasteiger partial charge in [0.2, 0.25) is 10.0 Å². The van der Waals surface area contributed by atoms with Crippen molar-refractivity contribution in [2.24, 2.45) is 11.1 Å². The van der Waals surface area contributed by atoms with Crippen LogP contribution in [0, 0.1) is 28.7 Å². The number of rotatable bonds is 6. The Morgan fingerprint density at radius 2 is 1.59 bits per heavy atom. The molecule has 3 rings (SSSR count). The summed E-state index contributed by atoms with van der Waals surface area (Å²) in [5.74, 6) is -7.50. The van der Waals surface area contributed by atoms with Gasteiger partial charge < -0.3 is 15.8 Å². The van der Waals surface area contributed by atoms with Crippen molar-refractivity contribution in [3.05, 3.63) is 59.2 Å². The predicted molar refractivity (Wildman–Crippen MR) is 126 cm³/mol. The van der Waals surface area contributed by atoms with Crippen molar-refractivity contribution in [1.29, 1.82) is 0 Å². The van der Waals surface area contributed by atoms with Crippen molar-refractivity contribution >= 4 is 27.6 Å². The van der Waals surface area contributed by atoms with E-state index in [1.807, 2.05) is 0 Å². The summed E-state index contributed by atoms with van der Waals surface area (Å²) in [5, 5.41) is 2.11. The highest BCUT2D eigenvalue weighted by atomic mass is 32.2. The highest BCUT2D eigenvalue weighted by Crippen LogP contribution is 2.27. The average Bonchev–Trinajstić information content (AvgIpc) is 2.81. The first-order chi connectivity index (χ1) is 17.1. The van der Waals surface area contributed by atoms with Gasteiger partial charge in [0.25, 0.3) is 5.91 Å². The first-order valence-electron chi connectivity index (χ1n) is 11.3. The van der Waals surface area contributed by atoms with E-state index in [4.69, 9.17) is 10.5 Å². The van der Waals surface area contributed by atoms with Crippen molar-refractivity contribution in [3.63, 3.8) is 0 Å². The number of piperidine rings is 1. The van der Waals surface area contributed by atoms with E-state index in [1.54, 1.807) is 20.8 Å². The van der Waals surface area contributed by atoms with Gasteiger partial charge in [-0.25, -0.2) is 26.0 Å². The molecule has 1 atom stereocenters. The Labute approximate surface area is 211 Å². The van der Waals surface area contributed by atoms with Gasteiger partial charge in [0.15, 0.2) is 17.5 Å². The van der Waals surface area contributed by atoms with E-state index in [1.165, 1.54) is 0 Å². The quantitative estimate of drug-likeness (QED) is 0.326. The van der Waals surface area contributed by atoms with Crippen LogP contribution in [-0.2, 0) is 19.6 Å². The second-order valence-electron chi connectivity index (χ2n) is 9.74. The molecule has 2 aromatic rings. The van der Waals surface area contributed by atoms with Gasteiger partial charge >= 0.3 is 5.97 Å². The average molecular weight is 546 g/mol. The smallest absolute Gasteiger partial charge is 0.323 e. The number of carbonyl (C=O) groups is 2. The van der Waals surface area contributed by atoms with Gasteiger partial charge in [0.1, 0.15) is 22.9 Å². The van der Waals surface area contributed by atoms with Gasteiger partial charge in [-0.05, 0) is 36.5 Å². The Morgan fingerprint density at radius 1 is 1.03 bits per heavy atom. The lowest BCUT2D eigenvalue weighted by molar-refractivity contribution is -0.154. The second-order valence-corrected chi connectivity index (χ2v) is 11.6. The minimum Gasteiger partial charge on any atom is -0.461 e. The highest BCUT2D eigenvalue weighted by Gasteiger charge is 2.35. The lowest BCUT2D eigenvalue weighted by Crippen LogP contribution is -2.47. The minimum absolute atomic E-state index is 0.0744. The Bertz CT molecular complexity index is 1280. The molecule has 0 bridgehead atoms. The number of benzene rings is 2. The number of ether oxygens (including phenoxy) is 1. The van der Waals surface area contributed by atoms with Crippen LogP contribution in [0.3, 0.4) is 0 Å². The minimum atomic E-state index is -4.39. The monoisotopic (exact) mass is 545 g/mol. The fourth-order valence-electron chi connectivity index (χ4n) is 3.59. The molecule has 1 aliphatic heterocycles. The SMILES string of the molecule is CC(C)(C)[C@H](N)C(=O)OC1CCN(S(=O)(=O)c2cc(C(=O)Nc3cc(F)c(F)c(F)c3)ccc2F)CC1.